The fraction of sp³-hybridized carbons (Fsp3) is 0.350. The number of nitrogens with two attached hydrogens (primary N) is 1. The standard InChI is InChI=1S/C20H25N3O3S/c1-22(27(25,26)19-11-7-17(8-12-19)20(21)24)15-16-5-9-18(10-6-16)23-13-3-2-4-14-23/h5-12H,2-4,13-15H2,1H3,(H2,21,24). The third-order valence-corrected chi connectivity index (χ3v) is 6.73. The fourth-order valence-electron chi connectivity index (χ4n) is 3.28. The highest BCUT2D eigenvalue weighted by Gasteiger charge is 2.21. The Morgan fingerprint density at radius 3 is 2.15 bits per heavy atom. The Morgan fingerprint density at radius 2 is 1.59 bits per heavy atom. The molecule has 6 nitrogen and oxygen atoms in total. The number of carbonyl (C=O) groups excluding carboxylic acids is 1. The molecular formula is C20H25N3O3S. The largest absolute Gasteiger partial charge is 0.372 e. The smallest absolute Gasteiger partial charge is 0.248 e. The molecule has 2 aromatic carbocycles. The van der Waals surface area contributed by atoms with Crippen LogP contribution >= 0.6 is 0 Å². The Labute approximate surface area is 160 Å². The molecule has 0 aliphatic carbocycles. The fourth-order valence-corrected chi connectivity index (χ4v) is 4.44. The van der Waals surface area contributed by atoms with Gasteiger partial charge in [0.15, 0.2) is 0 Å². The molecule has 1 amide bonds. The highest BCUT2D eigenvalue weighted by molar-refractivity contribution is 7.89. The van der Waals surface area contributed by atoms with Crippen molar-refractivity contribution < 1.29 is 13.2 Å². The van der Waals surface area contributed by atoms with Crippen LogP contribution in [0.2, 0.25) is 0 Å². The molecule has 0 aromatic heterocycles. The number of hydrogen-bond donors (Lipinski definition) is 1. The third-order valence-electron chi connectivity index (χ3n) is 4.91. The van der Waals surface area contributed by atoms with E-state index in [0.717, 1.165) is 18.7 Å². The van der Waals surface area contributed by atoms with E-state index in [2.05, 4.69) is 17.0 Å². The Hall–Kier alpha value is -2.38. The molecule has 1 aliphatic rings. The van der Waals surface area contributed by atoms with E-state index >= 15 is 0 Å². The number of amides is 1. The van der Waals surface area contributed by atoms with Gasteiger partial charge in [-0.3, -0.25) is 4.79 Å². The molecule has 0 radical (unpaired) electrons. The van der Waals surface area contributed by atoms with Crippen molar-refractivity contribution in [1.82, 2.24) is 4.31 Å². The van der Waals surface area contributed by atoms with E-state index in [1.54, 1.807) is 7.05 Å². The number of nitrogens with zero attached hydrogens (tertiary/aromatic N) is 2. The minimum atomic E-state index is -3.64. The lowest BCUT2D eigenvalue weighted by Gasteiger charge is -2.29. The normalized spacial score (nSPS) is 15.1. The summed E-state index contributed by atoms with van der Waals surface area (Å²) in [6.45, 7) is 2.43. The Morgan fingerprint density at radius 1 is 1.00 bits per heavy atom. The van der Waals surface area contributed by atoms with Crippen LogP contribution in [-0.2, 0) is 16.6 Å². The summed E-state index contributed by atoms with van der Waals surface area (Å²) >= 11 is 0. The molecule has 27 heavy (non-hydrogen) atoms. The van der Waals surface area contributed by atoms with Gasteiger partial charge in [0.1, 0.15) is 0 Å². The second-order valence-electron chi connectivity index (χ2n) is 6.86. The zero-order valence-corrected chi connectivity index (χ0v) is 16.3. The van der Waals surface area contributed by atoms with Crippen LogP contribution < -0.4 is 10.6 Å². The van der Waals surface area contributed by atoms with Crippen molar-refractivity contribution >= 4 is 21.6 Å². The van der Waals surface area contributed by atoms with Gasteiger partial charge >= 0.3 is 0 Å². The van der Waals surface area contributed by atoms with Crippen molar-refractivity contribution in [3.8, 4) is 0 Å². The molecule has 0 spiro atoms. The first-order valence-electron chi connectivity index (χ1n) is 9.08. The Kier molecular flexibility index (Phi) is 5.82. The molecule has 0 bridgehead atoms. The van der Waals surface area contributed by atoms with Gasteiger partial charge < -0.3 is 10.6 Å². The van der Waals surface area contributed by atoms with E-state index in [0.29, 0.717) is 0 Å². The number of carbonyl (C=O) groups is 1. The second kappa shape index (κ2) is 8.10. The van der Waals surface area contributed by atoms with E-state index in [1.165, 1.54) is 53.5 Å². The summed E-state index contributed by atoms with van der Waals surface area (Å²) in [7, 11) is -2.09. The van der Waals surface area contributed by atoms with Gasteiger partial charge in [0.05, 0.1) is 4.90 Å². The van der Waals surface area contributed by atoms with E-state index in [9.17, 15) is 13.2 Å². The number of benzene rings is 2. The van der Waals surface area contributed by atoms with Crippen molar-refractivity contribution in [2.75, 3.05) is 25.0 Å². The monoisotopic (exact) mass is 387 g/mol. The SMILES string of the molecule is CN(Cc1ccc(N2CCCCC2)cc1)S(=O)(=O)c1ccc(C(N)=O)cc1. The number of piperidine rings is 1. The van der Waals surface area contributed by atoms with Crippen LogP contribution in [0.3, 0.4) is 0 Å². The van der Waals surface area contributed by atoms with Crippen molar-refractivity contribution in [3.05, 3.63) is 59.7 Å². The van der Waals surface area contributed by atoms with Crippen LogP contribution in [0.15, 0.2) is 53.4 Å². The highest BCUT2D eigenvalue weighted by Crippen LogP contribution is 2.22. The minimum absolute atomic E-state index is 0.139. The van der Waals surface area contributed by atoms with Gasteiger partial charge in [0, 0.05) is 37.9 Å². The number of rotatable bonds is 6. The van der Waals surface area contributed by atoms with Gasteiger partial charge in [-0.1, -0.05) is 12.1 Å². The Bertz CT molecular complexity index is 887. The van der Waals surface area contributed by atoms with Gasteiger partial charge in [-0.15, -0.1) is 0 Å². The molecule has 1 heterocycles. The first-order chi connectivity index (χ1) is 12.9. The van der Waals surface area contributed by atoms with E-state index in [-0.39, 0.29) is 17.0 Å². The molecule has 1 aliphatic heterocycles. The summed E-state index contributed by atoms with van der Waals surface area (Å²) in [6.07, 6.45) is 3.73. The van der Waals surface area contributed by atoms with Crippen LogP contribution in [0, 0.1) is 0 Å². The van der Waals surface area contributed by atoms with E-state index < -0.39 is 15.9 Å². The van der Waals surface area contributed by atoms with Crippen molar-refractivity contribution in [3.63, 3.8) is 0 Å². The molecule has 2 N–H and O–H groups in total. The summed E-state index contributed by atoms with van der Waals surface area (Å²) in [4.78, 5) is 13.6. The number of sulfonamides is 1. The zero-order valence-electron chi connectivity index (χ0n) is 15.5. The predicted molar refractivity (Wildman–Crippen MR) is 106 cm³/mol. The van der Waals surface area contributed by atoms with Gasteiger partial charge in [-0.25, -0.2) is 8.42 Å². The second-order valence-corrected chi connectivity index (χ2v) is 8.91. The van der Waals surface area contributed by atoms with Crippen LogP contribution in [-0.4, -0.2) is 38.8 Å². The highest BCUT2D eigenvalue weighted by atomic mass is 32.2. The van der Waals surface area contributed by atoms with Gasteiger partial charge in [0.2, 0.25) is 15.9 Å². The summed E-state index contributed by atoms with van der Waals surface area (Å²) in [5.41, 5.74) is 7.59. The Balaban J connectivity index is 1.69. The lowest BCUT2D eigenvalue weighted by molar-refractivity contribution is 0.1000. The molecule has 1 fully saturated rings. The van der Waals surface area contributed by atoms with Crippen molar-refractivity contribution in [2.45, 2.75) is 30.7 Å². The lowest BCUT2D eigenvalue weighted by atomic mass is 10.1. The molecule has 2 aromatic rings. The first kappa shape index (κ1) is 19.4. The molecule has 0 unspecified atom stereocenters. The third kappa shape index (κ3) is 4.48. The van der Waals surface area contributed by atoms with E-state index in [1.807, 2.05) is 12.1 Å². The van der Waals surface area contributed by atoms with Crippen LogP contribution in [0.25, 0.3) is 0 Å². The maximum atomic E-state index is 12.7. The molecular weight excluding hydrogens is 362 g/mol. The summed E-state index contributed by atoms with van der Waals surface area (Å²) in [5.74, 6) is -0.582. The van der Waals surface area contributed by atoms with Crippen molar-refractivity contribution in [2.24, 2.45) is 5.73 Å². The first-order valence-corrected chi connectivity index (χ1v) is 10.5. The van der Waals surface area contributed by atoms with Crippen LogP contribution in [0.5, 0.6) is 0 Å². The quantitative estimate of drug-likeness (QED) is 0.826. The van der Waals surface area contributed by atoms with Gasteiger partial charge in [-0.05, 0) is 61.2 Å². The summed E-state index contributed by atoms with van der Waals surface area (Å²) in [6, 6.07) is 13.7. The molecule has 1 saturated heterocycles. The van der Waals surface area contributed by atoms with Gasteiger partial charge in [0.25, 0.3) is 0 Å². The molecule has 3 rings (SSSR count). The topological polar surface area (TPSA) is 83.7 Å². The molecule has 0 atom stereocenters. The van der Waals surface area contributed by atoms with Gasteiger partial charge in [-0.2, -0.15) is 4.31 Å². The van der Waals surface area contributed by atoms with Crippen molar-refractivity contribution in [1.29, 1.82) is 0 Å². The van der Waals surface area contributed by atoms with E-state index in [4.69, 9.17) is 5.73 Å². The average Bonchev–Trinajstić information content (AvgIpc) is 2.69. The summed E-state index contributed by atoms with van der Waals surface area (Å²) < 4.78 is 26.8. The molecule has 7 heteroatoms. The zero-order chi connectivity index (χ0) is 19.4. The maximum Gasteiger partial charge on any atom is 0.248 e. The lowest BCUT2D eigenvalue weighted by Crippen LogP contribution is -2.29. The molecule has 0 saturated carbocycles. The number of hydrogen-bond acceptors (Lipinski definition) is 4. The maximum absolute atomic E-state index is 12.7. The average molecular weight is 388 g/mol. The van der Waals surface area contributed by atoms with Crippen LogP contribution in [0.4, 0.5) is 5.69 Å². The number of primary amides is 1. The summed E-state index contributed by atoms with van der Waals surface area (Å²) in [5, 5.41) is 0. The van der Waals surface area contributed by atoms with Crippen LogP contribution in [0.1, 0.15) is 35.2 Å². The minimum Gasteiger partial charge on any atom is -0.372 e. The predicted octanol–water partition coefficient (Wildman–Crippen LogP) is 2.60. The number of anilines is 1. The molecule has 144 valence electrons.